The molecule has 1 aliphatic rings. The lowest BCUT2D eigenvalue weighted by Crippen LogP contribution is -2.61. The van der Waals surface area contributed by atoms with E-state index < -0.39 is 67.4 Å². The zero-order valence-corrected chi connectivity index (χ0v) is 44.6. The zero-order valence-electron chi connectivity index (χ0n) is 44.6. The summed E-state index contributed by atoms with van der Waals surface area (Å²) in [4.78, 5) is 26.4. The summed E-state index contributed by atoms with van der Waals surface area (Å²) >= 11 is 0. The number of hydrogen-bond acceptors (Lipinski definition) is 10. The molecule has 1 aliphatic heterocycles. The lowest BCUT2D eigenvalue weighted by atomic mass is 9.99. The number of ether oxygens (including phenoxy) is 3. The molecule has 0 bridgehead atoms. The van der Waals surface area contributed by atoms with Crippen LogP contribution < -0.4 is 5.32 Å². The second kappa shape index (κ2) is 47.4. The average Bonchev–Trinajstić information content (AvgIpc) is 3.36. The minimum absolute atomic E-state index is 0.0950. The van der Waals surface area contributed by atoms with Gasteiger partial charge in [-0.15, -0.1) is 0 Å². The molecule has 8 unspecified atom stereocenters. The Morgan fingerprint density at radius 3 is 1.51 bits per heavy atom. The van der Waals surface area contributed by atoms with Crippen molar-refractivity contribution in [1.29, 1.82) is 0 Å². The number of hydrogen-bond donors (Lipinski definition) is 6. The van der Waals surface area contributed by atoms with Crippen molar-refractivity contribution in [1.82, 2.24) is 5.32 Å². The second-order valence-electron chi connectivity index (χ2n) is 19.7. The third-order valence-electron chi connectivity index (χ3n) is 13.1. The lowest BCUT2D eigenvalue weighted by molar-refractivity contribution is -0.305. The van der Waals surface area contributed by atoms with Crippen molar-refractivity contribution >= 4 is 11.9 Å². The van der Waals surface area contributed by atoms with E-state index >= 15 is 0 Å². The molecule has 0 spiro atoms. The van der Waals surface area contributed by atoms with Crippen molar-refractivity contribution in [3.63, 3.8) is 0 Å². The van der Waals surface area contributed by atoms with Gasteiger partial charge in [0.25, 0.3) is 0 Å². The molecule has 0 aromatic carbocycles. The highest BCUT2D eigenvalue weighted by molar-refractivity contribution is 5.80. The number of esters is 1. The molecule has 406 valence electrons. The summed E-state index contributed by atoms with van der Waals surface area (Å²) in [6.07, 6.45) is 46.9. The molecule has 0 aromatic heterocycles. The van der Waals surface area contributed by atoms with Gasteiger partial charge in [-0.25, -0.2) is 0 Å². The van der Waals surface area contributed by atoms with Gasteiger partial charge in [0.15, 0.2) is 12.4 Å². The second-order valence-corrected chi connectivity index (χ2v) is 19.7. The van der Waals surface area contributed by atoms with Crippen molar-refractivity contribution in [3.8, 4) is 0 Å². The molecule has 11 heteroatoms. The molecule has 0 saturated carbocycles. The van der Waals surface area contributed by atoms with E-state index in [0.29, 0.717) is 12.8 Å². The van der Waals surface area contributed by atoms with Crippen molar-refractivity contribution in [2.45, 2.75) is 288 Å². The van der Waals surface area contributed by atoms with Crippen molar-refractivity contribution in [3.05, 3.63) is 60.8 Å². The van der Waals surface area contributed by atoms with Gasteiger partial charge < -0.3 is 45.1 Å². The molecule has 70 heavy (non-hydrogen) atoms. The highest BCUT2D eigenvalue weighted by Gasteiger charge is 2.47. The minimum Gasteiger partial charge on any atom is -0.454 e. The standard InChI is InChI=1S/C59H105NO10/c1-4-7-10-13-16-19-22-25-26-27-28-29-32-35-38-41-44-47-54(64)70-57-56(66)55(65)53(48-61)69-59(57)68-49-50(51(62)45-42-39-36-33-30-23-20-17-14-11-8-5-2)60-58(67)52(63)46-43-40-37-34-31-24-21-18-15-12-9-6-3/h16,19,25-26,28-29,31,34,42,45,50-53,55-57,59,61-63,65-66H,4-15,17-18,20-24,27,30,32-33,35-41,43-44,46-49H2,1-3H3,(H,60,67)/b19-16-,26-25-,29-28-,34-31-,45-42+. The Labute approximate surface area is 427 Å². The SMILES string of the molecule is CCCCC/C=C\C/C=C\C/C=C\CCCCCCC(=O)OC1C(OCC(NC(=O)C(O)CCCC/C=C\CCCCCCCC)C(O)/C=C/CCCCCCCCCCCC)OC(CO)C(O)C1O. The van der Waals surface area contributed by atoms with E-state index in [4.69, 9.17) is 14.2 Å². The van der Waals surface area contributed by atoms with E-state index in [-0.39, 0.29) is 19.4 Å². The van der Waals surface area contributed by atoms with Crippen LogP contribution in [0.5, 0.6) is 0 Å². The van der Waals surface area contributed by atoms with Gasteiger partial charge in [0, 0.05) is 6.42 Å². The van der Waals surface area contributed by atoms with Gasteiger partial charge in [-0.1, -0.05) is 204 Å². The summed E-state index contributed by atoms with van der Waals surface area (Å²) in [6.45, 7) is 5.71. The van der Waals surface area contributed by atoms with Crippen LogP contribution in [0, 0.1) is 0 Å². The van der Waals surface area contributed by atoms with Gasteiger partial charge in [-0.2, -0.15) is 0 Å². The predicted molar refractivity (Wildman–Crippen MR) is 287 cm³/mol. The topological polar surface area (TPSA) is 175 Å². The maximum atomic E-state index is 13.3. The van der Waals surface area contributed by atoms with Crippen LogP contribution in [0.15, 0.2) is 60.8 Å². The van der Waals surface area contributed by atoms with Crippen molar-refractivity contribution in [2.75, 3.05) is 13.2 Å². The Kier molecular flexibility index (Phi) is 44.2. The number of carbonyl (C=O) groups excluding carboxylic acids is 2. The fraction of sp³-hybridized carbons (Fsp3) is 0.797. The highest BCUT2D eigenvalue weighted by atomic mass is 16.7. The normalized spacial score (nSPS) is 20.1. The molecule has 1 saturated heterocycles. The third-order valence-corrected chi connectivity index (χ3v) is 13.1. The zero-order chi connectivity index (χ0) is 51.1. The first-order valence-corrected chi connectivity index (χ1v) is 28.6. The number of nitrogens with one attached hydrogen (secondary N) is 1. The quantitative estimate of drug-likeness (QED) is 0.0196. The van der Waals surface area contributed by atoms with E-state index in [1.165, 1.54) is 109 Å². The van der Waals surface area contributed by atoms with Gasteiger partial charge in [-0.05, 0) is 89.9 Å². The number of aliphatic hydroxyl groups excluding tert-OH is 5. The monoisotopic (exact) mass is 988 g/mol. The number of aliphatic hydroxyl groups is 5. The summed E-state index contributed by atoms with van der Waals surface area (Å²) in [5, 5.41) is 56.7. The fourth-order valence-electron chi connectivity index (χ4n) is 8.53. The van der Waals surface area contributed by atoms with Crippen molar-refractivity contribution in [2.24, 2.45) is 0 Å². The number of amides is 1. The van der Waals surface area contributed by atoms with Gasteiger partial charge in [-0.3, -0.25) is 9.59 Å². The molecule has 11 nitrogen and oxygen atoms in total. The summed E-state index contributed by atoms with van der Waals surface area (Å²) in [5.74, 6) is -1.24. The lowest BCUT2D eigenvalue weighted by Gasteiger charge is -2.41. The Morgan fingerprint density at radius 2 is 0.986 bits per heavy atom. The van der Waals surface area contributed by atoms with Gasteiger partial charge in [0.05, 0.1) is 25.4 Å². The third kappa shape index (κ3) is 35.5. The van der Waals surface area contributed by atoms with Gasteiger partial charge >= 0.3 is 5.97 Å². The number of carbonyl (C=O) groups is 2. The molecule has 1 rings (SSSR count). The van der Waals surface area contributed by atoms with E-state index in [1.807, 2.05) is 6.08 Å². The molecular formula is C59H105NO10. The van der Waals surface area contributed by atoms with Crippen LogP contribution in [0.1, 0.15) is 239 Å². The molecule has 0 radical (unpaired) electrons. The summed E-state index contributed by atoms with van der Waals surface area (Å²) in [7, 11) is 0. The largest absolute Gasteiger partial charge is 0.454 e. The highest BCUT2D eigenvalue weighted by Crippen LogP contribution is 2.26. The molecule has 0 aromatic rings. The van der Waals surface area contributed by atoms with Crippen LogP contribution in [-0.2, 0) is 23.8 Å². The van der Waals surface area contributed by atoms with Gasteiger partial charge in [0.2, 0.25) is 5.91 Å². The Balaban J connectivity index is 2.76. The summed E-state index contributed by atoms with van der Waals surface area (Å²) in [5.41, 5.74) is 0. The first kappa shape index (κ1) is 65.4. The molecule has 6 N–H and O–H groups in total. The maximum Gasteiger partial charge on any atom is 0.306 e. The maximum absolute atomic E-state index is 13.3. The van der Waals surface area contributed by atoms with E-state index in [1.54, 1.807) is 6.08 Å². The minimum atomic E-state index is -1.63. The molecule has 0 aliphatic carbocycles. The Bertz CT molecular complexity index is 1370. The number of unbranched alkanes of at least 4 members (excludes halogenated alkanes) is 25. The molecule has 8 atom stereocenters. The van der Waals surface area contributed by atoms with E-state index in [9.17, 15) is 35.1 Å². The van der Waals surface area contributed by atoms with Crippen LogP contribution in [0.3, 0.4) is 0 Å². The molecule has 1 heterocycles. The van der Waals surface area contributed by atoms with Crippen molar-refractivity contribution < 1.29 is 49.3 Å². The molecular weight excluding hydrogens is 883 g/mol. The van der Waals surface area contributed by atoms with Gasteiger partial charge in [0.1, 0.15) is 24.4 Å². The Morgan fingerprint density at radius 1 is 0.557 bits per heavy atom. The van der Waals surface area contributed by atoms with Crippen LogP contribution in [0.2, 0.25) is 0 Å². The number of rotatable bonds is 47. The van der Waals surface area contributed by atoms with Crippen LogP contribution in [0.4, 0.5) is 0 Å². The summed E-state index contributed by atoms with van der Waals surface area (Å²) < 4.78 is 17.5. The number of allylic oxidation sites excluding steroid dienone is 9. The first-order chi connectivity index (χ1) is 34.2. The van der Waals surface area contributed by atoms with Crippen LogP contribution in [-0.4, -0.2) is 99.6 Å². The van der Waals surface area contributed by atoms with Crippen LogP contribution >= 0.6 is 0 Å². The predicted octanol–water partition coefficient (Wildman–Crippen LogP) is 12.7. The van der Waals surface area contributed by atoms with Crippen LogP contribution in [0.25, 0.3) is 0 Å². The first-order valence-electron chi connectivity index (χ1n) is 28.6. The average molecular weight is 988 g/mol. The summed E-state index contributed by atoms with van der Waals surface area (Å²) in [6, 6.07) is -1.04. The Hall–Kier alpha value is -2.64. The van der Waals surface area contributed by atoms with E-state index in [2.05, 4.69) is 74.7 Å². The molecule has 1 fully saturated rings. The smallest absolute Gasteiger partial charge is 0.306 e. The van der Waals surface area contributed by atoms with E-state index in [0.717, 1.165) is 83.5 Å². The fourth-order valence-corrected chi connectivity index (χ4v) is 8.53. The molecule has 1 amide bonds.